The van der Waals surface area contributed by atoms with Crippen LogP contribution in [0.1, 0.15) is 19.8 Å². The Morgan fingerprint density at radius 3 is 2.44 bits per heavy atom. The molecule has 0 amide bonds. The van der Waals surface area contributed by atoms with E-state index in [0.717, 1.165) is 18.2 Å². The summed E-state index contributed by atoms with van der Waals surface area (Å²) >= 11 is 0. The molecule has 0 aliphatic carbocycles. The second-order valence-electron chi connectivity index (χ2n) is 3.47. The Morgan fingerprint density at radius 2 is 1.94 bits per heavy atom. The van der Waals surface area contributed by atoms with Crippen molar-refractivity contribution in [3.8, 4) is 5.75 Å². The molecule has 0 radical (unpaired) electrons. The van der Waals surface area contributed by atoms with Gasteiger partial charge in [0.1, 0.15) is 17.4 Å². The van der Waals surface area contributed by atoms with Crippen LogP contribution in [0, 0.1) is 11.6 Å². The van der Waals surface area contributed by atoms with E-state index in [1.807, 2.05) is 0 Å². The highest BCUT2D eigenvalue weighted by atomic mass is 19.1. The van der Waals surface area contributed by atoms with Gasteiger partial charge in [0.05, 0.1) is 6.10 Å². The summed E-state index contributed by atoms with van der Waals surface area (Å²) in [5.41, 5.74) is 0. The molecule has 88 valence electrons. The van der Waals surface area contributed by atoms with Crippen LogP contribution in [-0.4, -0.2) is 17.2 Å². The number of carbonyl (C=O) groups is 1. The second-order valence-corrected chi connectivity index (χ2v) is 3.47. The number of carboxylic acids is 1. The van der Waals surface area contributed by atoms with Crippen molar-refractivity contribution >= 4 is 5.97 Å². The van der Waals surface area contributed by atoms with E-state index in [4.69, 9.17) is 9.84 Å². The first-order valence-electron chi connectivity index (χ1n) is 4.82. The lowest BCUT2D eigenvalue weighted by Gasteiger charge is -2.13. The number of hydrogen-bond donors (Lipinski definition) is 1. The molecule has 0 aromatic heterocycles. The summed E-state index contributed by atoms with van der Waals surface area (Å²) in [6.07, 6.45) is -0.163. The zero-order valence-electron chi connectivity index (χ0n) is 8.74. The molecule has 0 saturated heterocycles. The minimum Gasteiger partial charge on any atom is -0.490 e. The normalized spacial score (nSPS) is 12.2. The van der Waals surface area contributed by atoms with E-state index in [1.165, 1.54) is 0 Å². The van der Waals surface area contributed by atoms with Crippen LogP contribution in [0.2, 0.25) is 0 Å². The van der Waals surface area contributed by atoms with E-state index in [9.17, 15) is 13.6 Å². The molecule has 0 spiro atoms. The van der Waals surface area contributed by atoms with Gasteiger partial charge >= 0.3 is 5.97 Å². The van der Waals surface area contributed by atoms with E-state index in [2.05, 4.69) is 0 Å². The van der Waals surface area contributed by atoms with Gasteiger partial charge in [0.15, 0.2) is 0 Å². The van der Waals surface area contributed by atoms with Crippen LogP contribution in [0.15, 0.2) is 18.2 Å². The number of halogens is 2. The third-order valence-corrected chi connectivity index (χ3v) is 1.94. The maximum absolute atomic E-state index is 12.8. The molecule has 1 atom stereocenters. The third-order valence-electron chi connectivity index (χ3n) is 1.94. The molecule has 0 aliphatic rings. The molecule has 0 heterocycles. The molecule has 0 bridgehead atoms. The lowest BCUT2D eigenvalue weighted by atomic mass is 10.2. The summed E-state index contributed by atoms with van der Waals surface area (Å²) in [7, 11) is 0. The maximum Gasteiger partial charge on any atom is 0.303 e. The highest BCUT2D eigenvalue weighted by molar-refractivity contribution is 5.66. The zero-order chi connectivity index (χ0) is 12.1. The number of benzene rings is 1. The monoisotopic (exact) mass is 230 g/mol. The molecular weight excluding hydrogens is 218 g/mol. The maximum atomic E-state index is 12.8. The smallest absolute Gasteiger partial charge is 0.303 e. The summed E-state index contributed by atoms with van der Waals surface area (Å²) in [6.45, 7) is 1.64. The first kappa shape index (κ1) is 12.4. The van der Waals surface area contributed by atoms with Crippen molar-refractivity contribution in [3.63, 3.8) is 0 Å². The Labute approximate surface area is 91.7 Å². The van der Waals surface area contributed by atoms with Crippen LogP contribution in [0.25, 0.3) is 0 Å². The van der Waals surface area contributed by atoms with Gasteiger partial charge in [-0.25, -0.2) is 8.78 Å². The standard InChI is InChI=1S/C11H12F2O3/c1-7(2-3-11(14)15)16-10-5-8(12)4-9(13)6-10/h4-7H,2-3H2,1H3,(H,14,15). The molecule has 0 aliphatic heterocycles. The SMILES string of the molecule is CC(CCC(=O)O)Oc1cc(F)cc(F)c1. The number of rotatable bonds is 5. The molecule has 1 unspecified atom stereocenters. The van der Waals surface area contributed by atoms with E-state index >= 15 is 0 Å². The molecule has 1 aromatic rings. The van der Waals surface area contributed by atoms with Crippen LogP contribution in [0.5, 0.6) is 5.75 Å². The third kappa shape index (κ3) is 4.25. The highest BCUT2D eigenvalue weighted by Gasteiger charge is 2.08. The lowest BCUT2D eigenvalue weighted by molar-refractivity contribution is -0.137. The van der Waals surface area contributed by atoms with E-state index in [-0.39, 0.29) is 18.6 Å². The van der Waals surface area contributed by atoms with Crippen LogP contribution < -0.4 is 4.74 Å². The Bertz CT molecular complexity index is 359. The Balaban J connectivity index is 2.55. The molecule has 1 aromatic carbocycles. The Kier molecular flexibility index (Phi) is 4.22. The van der Waals surface area contributed by atoms with Crippen molar-refractivity contribution in [1.29, 1.82) is 0 Å². The molecule has 1 N–H and O–H groups in total. The Hall–Kier alpha value is -1.65. The van der Waals surface area contributed by atoms with Crippen molar-refractivity contribution in [2.75, 3.05) is 0 Å². The van der Waals surface area contributed by atoms with Crippen molar-refractivity contribution < 1.29 is 23.4 Å². The summed E-state index contributed by atoms with van der Waals surface area (Å²) in [5, 5.41) is 8.44. The van der Waals surface area contributed by atoms with E-state index in [1.54, 1.807) is 6.92 Å². The van der Waals surface area contributed by atoms with Crippen LogP contribution >= 0.6 is 0 Å². The van der Waals surface area contributed by atoms with Crippen molar-refractivity contribution in [2.24, 2.45) is 0 Å². The minimum atomic E-state index is -0.930. The summed E-state index contributed by atoms with van der Waals surface area (Å²) < 4.78 is 30.7. The van der Waals surface area contributed by atoms with Gasteiger partial charge in [0.2, 0.25) is 0 Å². The van der Waals surface area contributed by atoms with Crippen LogP contribution in [0.4, 0.5) is 8.78 Å². The average Bonchev–Trinajstić information content (AvgIpc) is 2.12. The molecule has 1 rings (SSSR count). The lowest BCUT2D eigenvalue weighted by Crippen LogP contribution is -2.13. The van der Waals surface area contributed by atoms with Gasteiger partial charge in [-0.05, 0) is 13.3 Å². The number of carboxylic acid groups (broad SMARTS) is 1. The molecule has 5 heteroatoms. The molecule has 16 heavy (non-hydrogen) atoms. The first-order chi connectivity index (χ1) is 7.47. The van der Waals surface area contributed by atoms with Gasteiger partial charge in [-0.2, -0.15) is 0 Å². The van der Waals surface area contributed by atoms with E-state index in [0.29, 0.717) is 0 Å². The molecule has 3 nitrogen and oxygen atoms in total. The quantitative estimate of drug-likeness (QED) is 0.845. The summed E-state index contributed by atoms with van der Waals surface area (Å²) in [5.74, 6) is -2.31. The fraction of sp³-hybridized carbons (Fsp3) is 0.364. The summed E-state index contributed by atoms with van der Waals surface area (Å²) in [4.78, 5) is 10.3. The van der Waals surface area contributed by atoms with Gasteiger partial charge in [-0.15, -0.1) is 0 Å². The Morgan fingerprint density at radius 1 is 1.38 bits per heavy atom. The fourth-order valence-electron chi connectivity index (χ4n) is 1.21. The molecule has 0 fully saturated rings. The van der Waals surface area contributed by atoms with Crippen molar-refractivity contribution in [2.45, 2.75) is 25.9 Å². The predicted molar refractivity (Wildman–Crippen MR) is 53.3 cm³/mol. The van der Waals surface area contributed by atoms with Crippen molar-refractivity contribution in [3.05, 3.63) is 29.8 Å². The predicted octanol–water partition coefficient (Wildman–Crippen LogP) is 2.60. The van der Waals surface area contributed by atoms with Gasteiger partial charge < -0.3 is 9.84 Å². The number of aliphatic carboxylic acids is 1. The van der Waals surface area contributed by atoms with Crippen molar-refractivity contribution in [1.82, 2.24) is 0 Å². The number of ether oxygens (including phenoxy) is 1. The minimum absolute atomic E-state index is 0.0427. The van der Waals surface area contributed by atoms with Gasteiger partial charge in [-0.1, -0.05) is 0 Å². The summed E-state index contributed by atoms with van der Waals surface area (Å²) in [6, 6.07) is 2.86. The average molecular weight is 230 g/mol. The topological polar surface area (TPSA) is 46.5 Å². The first-order valence-corrected chi connectivity index (χ1v) is 4.82. The highest BCUT2D eigenvalue weighted by Crippen LogP contribution is 2.17. The van der Waals surface area contributed by atoms with Crippen LogP contribution in [0.3, 0.4) is 0 Å². The molecular formula is C11H12F2O3. The fourth-order valence-corrected chi connectivity index (χ4v) is 1.21. The second kappa shape index (κ2) is 5.44. The zero-order valence-corrected chi connectivity index (χ0v) is 8.74. The van der Waals surface area contributed by atoms with Gasteiger partial charge in [0, 0.05) is 24.6 Å². The molecule has 0 saturated carbocycles. The van der Waals surface area contributed by atoms with E-state index < -0.39 is 23.7 Å². The number of hydrogen-bond acceptors (Lipinski definition) is 2. The van der Waals surface area contributed by atoms with Gasteiger partial charge in [0.25, 0.3) is 0 Å². The van der Waals surface area contributed by atoms with Crippen LogP contribution in [-0.2, 0) is 4.79 Å². The van der Waals surface area contributed by atoms with Gasteiger partial charge in [-0.3, -0.25) is 4.79 Å². The largest absolute Gasteiger partial charge is 0.490 e.